The summed E-state index contributed by atoms with van der Waals surface area (Å²) >= 11 is 0. The van der Waals surface area contributed by atoms with Gasteiger partial charge in [-0.3, -0.25) is 9.59 Å². The molecule has 0 aromatic heterocycles. The molecule has 5 heteroatoms. The Morgan fingerprint density at radius 2 is 1.81 bits per heavy atom. The molecule has 1 aliphatic rings. The van der Waals surface area contributed by atoms with Gasteiger partial charge in [0.05, 0.1) is 6.54 Å². The molecule has 26 heavy (non-hydrogen) atoms. The topological polar surface area (TPSA) is 70.2 Å². The molecule has 0 atom stereocenters. The van der Waals surface area contributed by atoms with Gasteiger partial charge >= 0.3 is 0 Å². The largest absolute Gasteiger partial charge is 0.352 e. The van der Waals surface area contributed by atoms with Crippen LogP contribution in [-0.2, 0) is 4.79 Å². The summed E-state index contributed by atoms with van der Waals surface area (Å²) in [6, 6.07) is 8.07. The normalized spacial score (nSPS) is 20.5. The smallest absolute Gasteiger partial charge is 0.251 e. The van der Waals surface area contributed by atoms with Crippen molar-refractivity contribution in [1.29, 1.82) is 0 Å². The molecule has 0 bridgehead atoms. The van der Waals surface area contributed by atoms with E-state index in [1.165, 1.54) is 0 Å². The number of nitrogens with one attached hydrogen (secondary N) is 3. The third-order valence-electron chi connectivity index (χ3n) is 4.74. The van der Waals surface area contributed by atoms with Crippen molar-refractivity contribution >= 4 is 11.8 Å². The summed E-state index contributed by atoms with van der Waals surface area (Å²) in [7, 11) is 0. The van der Waals surface area contributed by atoms with Gasteiger partial charge in [0.25, 0.3) is 5.91 Å². The van der Waals surface area contributed by atoms with Crippen LogP contribution in [-0.4, -0.2) is 36.5 Å². The first-order valence-corrected chi connectivity index (χ1v) is 9.62. The maximum atomic E-state index is 12.2. The predicted molar refractivity (Wildman–Crippen MR) is 105 cm³/mol. The predicted octanol–water partition coefficient (Wildman–Crippen LogP) is 2.79. The second kappa shape index (κ2) is 9.17. The summed E-state index contributed by atoms with van der Waals surface area (Å²) in [6.07, 6.45) is 4.25. The highest BCUT2D eigenvalue weighted by Crippen LogP contribution is 2.23. The van der Waals surface area contributed by atoms with Crippen LogP contribution in [0.15, 0.2) is 24.3 Å². The Morgan fingerprint density at radius 1 is 1.12 bits per heavy atom. The standard InChI is InChI=1S/C21H33N3O2/c1-15-6-5-7-17(12-15)20(26)23-13-16-8-10-18(11-9-16)22-14-19(25)24-21(2,3)4/h5-7,12,16,18,22H,8-11,13-14H2,1-4H3,(H,23,26)(H,24,25). The van der Waals surface area contributed by atoms with Crippen molar-refractivity contribution in [3.8, 4) is 0 Å². The third-order valence-corrected chi connectivity index (χ3v) is 4.74. The van der Waals surface area contributed by atoms with Gasteiger partial charge in [0.1, 0.15) is 0 Å². The lowest BCUT2D eigenvalue weighted by atomic mass is 9.86. The van der Waals surface area contributed by atoms with E-state index in [0.717, 1.165) is 43.4 Å². The van der Waals surface area contributed by atoms with Gasteiger partial charge in [0.15, 0.2) is 0 Å². The summed E-state index contributed by atoms with van der Waals surface area (Å²) in [4.78, 5) is 24.1. The molecule has 0 radical (unpaired) electrons. The van der Waals surface area contributed by atoms with Gasteiger partial charge in [-0.2, -0.15) is 0 Å². The fraction of sp³-hybridized carbons (Fsp3) is 0.619. The van der Waals surface area contributed by atoms with Crippen LogP contribution in [0.4, 0.5) is 0 Å². The molecule has 5 nitrogen and oxygen atoms in total. The second-order valence-corrected chi connectivity index (χ2v) is 8.48. The molecule has 0 unspecified atom stereocenters. The van der Waals surface area contributed by atoms with E-state index in [-0.39, 0.29) is 17.4 Å². The number of aryl methyl sites for hydroxylation is 1. The molecule has 2 rings (SSSR count). The SMILES string of the molecule is Cc1cccc(C(=O)NCC2CCC(NCC(=O)NC(C)(C)C)CC2)c1. The zero-order valence-electron chi connectivity index (χ0n) is 16.5. The summed E-state index contributed by atoms with van der Waals surface area (Å²) in [6.45, 7) is 9.05. The van der Waals surface area contributed by atoms with Gasteiger partial charge < -0.3 is 16.0 Å². The molecular weight excluding hydrogens is 326 g/mol. The summed E-state index contributed by atoms with van der Waals surface area (Å²) < 4.78 is 0. The Kier molecular flexibility index (Phi) is 7.21. The lowest BCUT2D eigenvalue weighted by molar-refractivity contribution is -0.121. The van der Waals surface area contributed by atoms with E-state index in [2.05, 4.69) is 16.0 Å². The molecule has 0 spiro atoms. The molecule has 0 heterocycles. The molecule has 2 amide bonds. The van der Waals surface area contributed by atoms with Crippen LogP contribution >= 0.6 is 0 Å². The van der Waals surface area contributed by atoms with Crippen LogP contribution in [0, 0.1) is 12.8 Å². The van der Waals surface area contributed by atoms with Gasteiger partial charge in [-0.1, -0.05) is 17.7 Å². The molecule has 3 N–H and O–H groups in total. The quantitative estimate of drug-likeness (QED) is 0.731. The highest BCUT2D eigenvalue weighted by molar-refractivity contribution is 5.94. The number of benzene rings is 1. The summed E-state index contributed by atoms with van der Waals surface area (Å²) in [5.41, 5.74) is 1.64. The number of hydrogen-bond acceptors (Lipinski definition) is 3. The molecule has 0 aliphatic heterocycles. The molecule has 1 saturated carbocycles. The van der Waals surface area contributed by atoms with E-state index in [1.54, 1.807) is 0 Å². The van der Waals surface area contributed by atoms with Crippen LogP contribution in [0.5, 0.6) is 0 Å². The van der Waals surface area contributed by atoms with Crippen LogP contribution in [0.1, 0.15) is 62.4 Å². The molecule has 1 aromatic rings. The van der Waals surface area contributed by atoms with Crippen LogP contribution in [0.2, 0.25) is 0 Å². The number of carbonyl (C=O) groups excluding carboxylic acids is 2. The first-order chi connectivity index (χ1) is 12.2. The first kappa shape index (κ1) is 20.4. The average Bonchev–Trinajstić information content (AvgIpc) is 2.57. The lowest BCUT2D eigenvalue weighted by Crippen LogP contribution is -2.47. The van der Waals surface area contributed by atoms with Crippen LogP contribution in [0.25, 0.3) is 0 Å². The monoisotopic (exact) mass is 359 g/mol. The van der Waals surface area contributed by atoms with E-state index in [9.17, 15) is 9.59 Å². The van der Waals surface area contributed by atoms with Crippen LogP contribution < -0.4 is 16.0 Å². The van der Waals surface area contributed by atoms with E-state index >= 15 is 0 Å². The summed E-state index contributed by atoms with van der Waals surface area (Å²) in [5, 5.41) is 9.40. The van der Waals surface area contributed by atoms with Gasteiger partial charge in [0.2, 0.25) is 5.91 Å². The summed E-state index contributed by atoms with van der Waals surface area (Å²) in [5.74, 6) is 0.572. The molecule has 1 aromatic carbocycles. The molecular formula is C21H33N3O2. The Hall–Kier alpha value is -1.88. The first-order valence-electron chi connectivity index (χ1n) is 9.62. The number of rotatable bonds is 6. The number of carbonyl (C=O) groups is 2. The molecule has 1 aliphatic carbocycles. The van der Waals surface area contributed by atoms with E-state index in [1.807, 2.05) is 52.0 Å². The number of hydrogen-bond donors (Lipinski definition) is 3. The van der Waals surface area contributed by atoms with E-state index in [4.69, 9.17) is 0 Å². The number of amides is 2. The van der Waals surface area contributed by atoms with Crippen molar-refractivity contribution in [3.63, 3.8) is 0 Å². The molecule has 0 saturated heterocycles. The minimum atomic E-state index is -0.189. The Balaban J connectivity index is 1.65. The van der Waals surface area contributed by atoms with Gasteiger partial charge in [-0.15, -0.1) is 0 Å². The lowest BCUT2D eigenvalue weighted by Gasteiger charge is -2.29. The second-order valence-electron chi connectivity index (χ2n) is 8.48. The Bertz CT molecular complexity index is 614. The van der Waals surface area contributed by atoms with Crippen LogP contribution in [0.3, 0.4) is 0 Å². The van der Waals surface area contributed by atoms with E-state index in [0.29, 0.717) is 18.5 Å². The Morgan fingerprint density at radius 3 is 2.42 bits per heavy atom. The maximum absolute atomic E-state index is 12.2. The fourth-order valence-corrected chi connectivity index (χ4v) is 3.40. The minimum absolute atomic E-state index is 0.00722. The zero-order chi connectivity index (χ0) is 19.2. The van der Waals surface area contributed by atoms with Crippen molar-refractivity contribution in [1.82, 2.24) is 16.0 Å². The third kappa shape index (κ3) is 7.16. The van der Waals surface area contributed by atoms with Crippen molar-refractivity contribution in [2.45, 2.75) is 65.0 Å². The highest BCUT2D eigenvalue weighted by atomic mass is 16.2. The van der Waals surface area contributed by atoms with E-state index < -0.39 is 0 Å². The minimum Gasteiger partial charge on any atom is -0.352 e. The average molecular weight is 360 g/mol. The maximum Gasteiger partial charge on any atom is 0.251 e. The fourth-order valence-electron chi connectivity index (χ4n) is 3.40. The molecule has 144 valence electrons. The van der Waals surface area contributed by atoms with Crippen molar-refractivity contribution < 1.29 is 9.59 Å². The zero-order valence-corrected chi connectivity index (χ0v) is 16.5. The van der Waals surface area contributed by atoms with Crippen molar-refractivity contribution in [2.75, 3.05) is 13.1 Å². The Labute approximate surface area is 157 Å². The highest BCUT2D eigenvalue weighted by Gasteiger charge is 2.22. The van der Waals surface area contributed by atoms with Gasteiger partial charge in [-0.05, 0) is 71.4 Å². The van der Waals surface area contributed by atoms with Crippen molar-refractivity contribution in [2.24, 2.45) is 5.92 Å². The van der Waals surface area contributed by atoms with Gasteiger partial charge in [-0.25, -0.2) is 0 Å². The van der Waals surface area contributed by atoms with Gasteiger partial charge in [0, 0.05) is 23.7 Å². The van der Waals surface area contributed by atoms with Crippen molar-refractivity contribution in [3.05, 3.63) is 35.4 Å². The molecule has 1 fully saturated rings.